The fourth-order valence-corrected chi connectivity index (χ4v) is 3.55. The molecule has 192 valence electrons. The second-order valence-corrected chi connectivity index (χ2v) is 8.83. The third-order valence-corrected chi connectivity index (χ3v) is 6.09. The minimum absolute atomic E-state index is 0.00841. The summed E-state index contributed by atoms with van der Waals surface area (Å²) in [4.78, 5) is 52.6. The van der Waals surface area contributed by atoms with Gasteiger partial charge in [-0.2, -0.15) is 0 Å². The largest absolute Gasteiger partial charge is 0.480 e. The van der Waals surface area contributed by atoms with Crippen molar-refractivity contribution in [1.82, 2.24) is 20.9 Å². The normalized spacial score (nSPS) is 16.4. The van der Waals surface area contributed by atoms with Crippen LogP contribution in [0.4, 0.5) is 0 Å². The Morgan fingerprint density at radius 3 is 2.26 bits per heavy atom. The Morgan fingerprint density at radius 1 is 1.00 bits per heavy atom. The van der Waals surface area contributed by atoms with Gasteiger partial charge < -0.3 is 36.9 Å². The van der Waals surface area contributed by atoms with Crippen LogP contribution in [0, 0.1) is 5.92 Å². The number of carboxylic acids is 1. The van der Waals surface area contributed by atoms with Gasteiger partial charge in [-0.25, -0.2) is 4.79 Å². The van der Waals surface area contributed by atoms with Gasteiger partial charge in [-0.1, -0.05) is 38.5 Å². The van der Waals surface area contributed by atoms with Gasteiger partial charge in [0.25, 0.3) is 0 Å². The zero-order valence-electron chi connectivity index (χ0n) is 20.4. The highest BCUT2D eigenvalue weighted by Gasteiger charge is 2.32. The van der Waals surface area contributed by atoms with Crippen molar-refractivity contribution in [3.63, 3.8) is 0 Å². The average Bonchev–Trinajstić information content (AvgIpc) is 3.23. The van der Waals surface area contributed by atoms with E-state index in [1.807, 2.05) is 38.1 Å². The van der Waals surface area contributed by atoms with E-state index in [-0.39, 0.29) is 12.3 Å². The van der Waals surface area contributed by atoms with Gasteiger partial charge in [0.2, 0.25) is 17.7 Å². The number of aromatic nitrogens is 1. The molecule has 0 spiro atoms. The van der Waals surface area contributed by atoms with E-state index in [4.69, 9.17) is 5.73 Å². The molecule has 1 heterocycles. The molecular weight excluding hydrogens is 454 g/mol. The molecule has 0 fully saturated rings. The molecule has 0 aliphatic carbocycles. The lowest BCUT2D eigenvalue weighted by Gasteiger charge is -2.26. The third-order valence-electron chi connectivity index (χ3n) is 6.09. The molecule has 0 aliphatic heterocycles. The van der Waals surface area contributed by atoms with Crippen molar-refractivity contribution in [2.75, 3.05) is 0 Å². The second-order valence-electron chi connectivity index (χ2n) is 8.83. The van der Waals surface area contributed by atoms with E-state index in [0.717, 1.165) is 10.9 Å². The molecule has 3 amide bonds. The van der Waals surface area contributed by atoms with E-state index in [1.165, 1.54) is 13.8 Å². The fourth-order valence-electron chi connectivity index (χ4n) is 3.55. The first kappa shape index (κ1) is 27.8. The topological polar surface area (TPSA) is 187 Å². The number of nitrogens with one attached hydrogen (secondary N) is 4. The summed E-state index contributed by atoms with van der Waals surface area (Å²) in [7, 11) is 0. The molecule has 11 nitrogen and oxygen atoms in total. The van der Waals surface area contributed by atoms with Crippen molar-refractivity contribution in [1.29, 1.82) is 0 Å². The summed E-state index contributed by atoms with van der Waals surface area (Å²) in [5, 5.41) is 27.9. The van der Waals surface area contributed by atoms with Gasteiger partial charge in [-0.3, -0.25) is 14.4 Å². The lowest BCUT2D eigenvalue weighted by molar-refractivity contribution is -0.143. The summed E-state index contributed by atoms with van der Waals surface area (Å²) in [5.74, 6) is -3.45. The van der Waals surface area contributed by atoms with Crippen LogP contribution >= 0.6 is 0 Å². The van der Waals surface area contributed by atoms with Gasteiger partial charge >= 0.3 is 5.97 Å². The van der Waals surface area contributed by atoms with Gasteiger partial charge in [0, 0.05) is 23.5 Å². The second kappa shape index (κ2) is 12.3. The van der Waals surface area contributed by atoms with E-state index >= 15 is 0 Å². The number of fused-ring (bicyclic) bond motifs is 1. The number of rotatable bonds is 12. The minimum Gasteiger partial charge on any atom is -0.480 e. The van der Waals surface area contributed by atoms with E-state index in [2.05, 4.69) is 20.9 Å². The summed E-state index contributed by atoms with van der Waals surface area (Å²) in [6, 6.07) is 2.78. The first-order chi connectivity index (χ1) is 16.5. The quantitative estimate of drug-likeness (QED) is 0.219. The van der Waals surface area contributed by atoms with Crippen molar-refractivity contribution in [2.24, 2.45) is 11.7 Å². The lowest BCUT2D eigenvalue weighted by Crippen LogP contribution is -2.59. The van der Waals surface area contributed by atoms with Gasteiger partial charge in [0.1, 0.15) is 18.1 Å². The van der Waals surface area contributed by atoms with Crippen molar-refractivity contribution in [3.05, 3.63) is 36.0 Å². The number of nitrogens with two attached hydrogens (primary N) is 1. The Bertz CT molecular complexity index is 1050. The monoisotopic (exact) mass is 489 g/mol. The first-order valence-corrected chi connectivity index (χ1v) is 11.6. The Morgan fingerprint density at radius 2 is 1.66 bits per heavy atom. The van der Waals surface area contributed by atoms with Crippen LogP contribution in [0.5, 0.6) is 0 Å². The number of H-pyrrole nitrogens is 1. The van der Waals surface area contributed by atoms with Crippen LogP contribution < -0.4 is 21.7 Å². The Kier molecular flexibility index (Phi) is 9.78. The number of benzene rings is 1. The number of carbonyl (C=O) groups excluding carboxylic acids is 3. The molecular formula is C24H35N5O6. The standard InChI is InChI=1S/C24H35N5O6/c1-5-12(2)19(25)22(32)27-13(3)21(31)29-20(14(4)30)23(33)28-18(24(34)35)10-15-11-26-17-9-7-6-8-16(15)17/h6-9,11-14,18-20,26,30H,5,10,25H2,1-4H3,(H,27,32)(H,28,33)(H,29,31)(H,34,35). The molecule has 0 radical (unpaired) electrons. The van der Waals surface area contributed by atoms with E-state index in [9.17, 15) is 29.4 Å². The molecule has 1 aromatic heterocycles. The number of hydrogen-bond donors (Lipinski definition) is 7. The van der Waals surface area contributed by atoms with Gasteiger partial charge in [0.05, 0.1) is 12.1 Å². The molecule has 8 N–H and O–H groups in total. The number of aromatic amines is 1. The van der Waals surface area contributed by atoms with Crippen molar-refractivity contribution < 1.29 is 29.4 Å². The molecule has 0 bridgehead atoms. The van der Waals surface area contributed by atoms with Crippen LogP contribution in [0.25, 0.3) is 10.9 Å². The van der Waals surface area contributed by atoms with Crippen molar-refractivity contribution >= 4 is 34.6 Å². The van der Waals surface area contributed by atoms with Crippen LogP contribution in [0.15, 0.2) is 30.5 Å². The molecule has 35 heavy (non-hydrogen) atoms. The van der Waals surface area contributed by atoms with E-state index < -0.39 is 54.0 Å². The first-order valence-electron chi connectivity index (χ1n) is 11.6. The molecule has 0 saturated heterocycles. The predicted octanol–water partition coefficient (Wildman–Crippen LogP) is 0.0235. The number of para-hydroxylation sites is 1. The average molecular weight is 490 g/mol. The number of aliphatic hydroxyl groups excluding tert-OH is 1. The maximum Gasteiger partial charge on any atom is 0.326 e. The number of carboxylic acid groups (broad SMARTS) is 1. The smallest absolute Gasteiger partial charge is 0.326 e. The van der Waals surface area contributed by atoms with Gasteiger partial charge in [-0.05, 0) is 31.4 Å². The maximum absolute atomic E-state index is 12.8. The summed E-state index contributed by atoms with van der Waals surface area (Å²) >= 11 is 0. The highest BCUT2D eigenvalue weighted by molar-refractivity contribution is 5.94. The number of aliphatic hydroxyl groups is 1. The molecule has 11 heteroatoms. The maximum atomic E-state index is 12.8. The van der Waals surface area contributed by atoms with E-state index in [0.29, 0.717) is 12.0 Å². The summed E-state index contributed by atoms with van der Waals surface area (Å²) < 4.78 is 0. The molecule has 2 aromatic rings. The summed E-state index contributed by atoms with van der Waals surface area (Å²) in [6.45, 7) is 6.42. The van der Waals surface area contributed by atoms with Crippen LogP contribution in [-0.4, -0.2) is 69.2 Å². The van der Waals surface area contributed by atoms with Crippen LogP contribution in [-0.2, 0) is 25.6 Å². The summed E-state index contributed by atoms with van der Waals surface area (Å²) in [5.41, 5.74) is 7.41. The SMILES string of the molecule is CCC(C)C(N)C(=O)NC(C)C(=O)NC(C(=O)NC(Cc1c[nH]c2ccccc12)C(=O)O)C(C)O. The summed E-state index contributed by atoms with van der Waals surface area (Å²) in [6.07, 6.45) is 1.02. The van der Waals surface area contributed by atoms with Gasteiger partial charge in [-0.15, -0.1) is 0 Å². The molecule has 6 unspecified atom stereocenters. The number of carbonyl (C=O) groups is 4. The highest BCUT2D eigenvalue weighted by Crippen LogP contribution is 2.19. The molecule has 6 atom stereocenters. The Hall–Kier alpha value is -3.44. The zero-order valence-corrected chi connectivity index (χ0v) is 20.4. The van der Waals surface area contributed by atoms with Crippen molar-refractivity contribution in [2.45, 2.75) is 70.8 Å². The van der Waals surface area contributed by atoms with Gasteiger partial charge in [0.15, 0.2) is 0 Å². The zero-order chi connectivity index (χ0) is 26.3. The minimum atomic E-state index is -1.44. The van der Waals surface area contributed by atoms with Crippen LogP contribution in [0.2, 0.25) is 0 Å². The molecule has 0 aliphatic rings. The predicted molar refractivity (Wildman–Crippen MR) is 130 cm³/mol. The molecule has 0 saturated carbocycles. The number of hydrogen-bond acceptors (Lipinski definition) is 6. The molecule has 2 rings (SSSR count). The van der Waals surface area contributed by atoms with Crippen LogP contribution in [0.1, 0.15) is 39.7 Å². The Balaban J connectivity index is 2.06. The third kappa shape index (κ3) is 7.27. The lowest BCUT2D eigenvalue weighted by atomic mass is 9.99. The fraction of sp³-hybridized carbons (Fsp3) is 0.500. The number of amides is 3. The van der Waals surface area contributed by atoms with Crippen LogP contribution in [0.3, 0.4) is 0 Å². The number of aliphatic carboxylic acids is 1. The van der Waals surface area contributed by atoms with Crippen molar-refractivity contribution in [3.8, 4) is 0 Å². The Labute approximate surface area is 203 Å². The highest BCUT2D eigenvalue weighted by atomic mass is 16.4. The van der Waals surface area contributed by atoms with E-state index in [1.54, 1.807) is 6.20 Å². The molecule has 1 aromatic carbocycles.